The van der Waals surface area contributed by atoms with Crippen LogP contribution in [-0.4, -0.2) is 22.4 Å². The van der Waals surface area contributed by atoms with E-state index >= 15 is 0 Å². The third-order valence-corrected chi connectivity index (χ3v) is 3.65. The minimum Gasteiger partial charge on any atom is -0.296 e. The van der Waals surface area contributed by atoms with Crippen LogP contribution in [0, 0.1) is 21.8 Å². The molecule has 1 aliphatic rings. The molecule has 0 heterocycles. The summed E-state index contributed by atoms with van der Waals surface area (Å²) >= 11 is 0. The van der Waals surface area contributed by atoms with Crippen molar-refractivity contribution >= 4 is 5.69 Å². The van der Waals surface area contributed by atoms with E-state index in [1.165, 1.54) is 25.0 Å². The normalized spacial score (nSPS) is 15.1. The first-order valence-electron chi connectivity index (χ1n) is 7.14. The molecule has 1 saturated carbocycles. The standard InChI is InChI=1S/C15H21FN2O2/c1-11(2)7-8-17(13-4-5-13)10-12-3-6-15(18(19)20)14(16)9-12/h3,6,9,11,13H,4-5,7-8,10H2,1-2H3. The molecule has 1 fully saturated rings. The Hall–Kier alpha value is -1.49. The minimum atomic E-state index is -0.743. The third-order valence-electron chi connectivity index (χ3n) is 3.65. The SMILES string of the molecule is CC(C)CCN(Cc1ccc([N+](=O)[O-])c(F)c1)C1CC1. The van der Waals surface area contributed by atoms with Crippen LogP contribution < -0.4 is 0 Å². The maximum atomic E-state index is 13.6. The van der Waals surface area contributed by atoms with E-state index in [1.54, 1.807) is 6.07 Å². The van der Waals surface area contributed by atoms with Gasteiger partial charge in [-0.3, -0.25) is 15.0 Å². The molecule has 1 aromatic rings. The smallest absolute Gasteiger partial charge is 0.296 e. The first-order valence-corrected chi connectivity index (χ1v) is 7.14. The molecule has 0 aliphatic heterocycles. The highest BCUT2D eigenvalue weighted by Gasteiger charge is 2.29. The fraction of sp³-hybridized carbons (Fsp3) is 0.600. The zero-order chi connectivity index (χ0) is 14.7. The predicted octanol–water partition coefficient (Wildman–Crippen LogP) is 3.74. The quantitative estimate of drug-likeness (QED) is 0.564. The highest BCUT2D eigenvalue weighted by atomic mass is 19.1. The second kappa shape index (κ2) is 6.31. The summed E-state index contributed by atoms with van der Waals surface area (Å²) in [6, 6.07) is 4.82. The number of nitrogens with zero attached hydrogens (tertiary/aromatic N) is 2. The molecule has 0 aromatic heterocycles. The molecule has 0 saturated heterocycles. The van der Waals surface area contributed by atoms with E-state index in [4.69, 9.17) is 0 Å². The topological polar surface area (TPSA) is 46.4 Å². The van der Waals surface area contributed by atoms with Gasteiger partial charge in [0.2, 0.25) is 5.82 Å². The molecule has 0 spiro atoms. The van der Waals surface area contributed by atoms with E-state index in [-0.39, 0.29) is 0 Å². The van der Waals surface area contributed by atoms with Gasteiger partial charge in [0.25, 0.3) is 0 Å². The lowest BCUT2D eigenvalue weighted by Crippen LogP contribution is -2.27. The molecule has 2 rings (SSSR count). The van der Waals surface area contributed by atoms with Crippen LogP contribution in [0.5, 0.6) is 0 Å². The van der Waals surface area contributed by atoms with Gasteiger partial charge in [0.1, 0.15) is 0 Å². The Morgan fingerprint density at radius 1 is 1.45 bits per heavy atom. The number of benzene rings is 1. The second-order valence-corrected chi connectivity index (χ2v) is 5.93. The molecule has 0 radical (unpaired) electrons. The van der Waals surface area contributed by atoms with Crippen molar-refractivity contribution in [2.45, 2.75) is 45.7 Å². The maximum absolute atomic E-state index is 13.6. The third kappa shape index (κ3) is 4.00. The minimum absolute atomic E-state index is 0.450. The van der Waals surface area contributed by atoms with Crippen molar-refractivity contribution in [2.24, 2.45) is 5.92 Å². The predicted molar refractivity (Wildman–Crippen MR) is 75.9 cm³/mol. The van der Waals surface area contributed by atoms with Crippen molar-refractivity contribution in [3.8, 4) is 0 Å². The number of hydrogen-bond donors (Lipinski definition) is 0. The lowest BCUT2D eigenvalue weighted by Gasteiger charge is -2.23. The second-order valence-electron chi connectivity index (χ2n) is 5.93. The summed E-state index contributed by atoms with van der Waals surface area (Å²) in [4.78, 5) is 12.3. The van der Waals surface area contributed by atoms with Crippen LogP contribution in [0.25, 0.3) is 0 Å². The van der Waals surface area contributed by atoms with Crippen LogP contribution in [0.2, 0.25) is 0 Å². The first-order chi connectivity index (χ1) is 9.47. The summed E-state index contributed by atoms with van der Waals surface area (Å²) < 4.78 is 13.6. The van der Waals surface area contributed by atoms with Gasteiger partial charge in [-0.25, -0.2) is 0 Å². The molecule has 0 amide bonds. The number of nitro benzene ring substituents is 1. The Bertz CT molecular complexity index is 487. The van der Waals surface area contributed by atoms with Gasteiger partial charge in [-0.05, 0) is 43.4 Å². The summed E-state index contributed by atoms with van der Waals surface area (Å²) in [6.07, 6.45) is 3.52. The maximum Gasteiger partial charge on any atom is 0.304 e. The van der Waals surface area contributed by atoms with Crippen LogP contribution in [0.1, 0.15) is 38.7 Å². The first kappa shape index (κ1) is 14.9. The summed E-state index contributed by atoms with van der Waals surface area (Å²) in [5.74, 6) is -0.100. The Kier molecular flexibility index (Phi) is 4.70. The van der Waals surface area contributed by atoms with Crippen molar-refractivity contribution in [1.29, 1.82) is 0 Å². The summed E-state index contributed by atoms with van der Waals surface area (Å²) in [5.41, 5.74) is 0.359. The molecule has 0 N–H and O–H groups in total. The van der Waals surface area contributed by atoms with Crippen molar-refractivity contribution in [1.82, 2.24) is 4.90 Å². The van der Waals surface area contributed by atoms with Crippen LogP contribution in [0.3, 0.4) is 0 Å². The zero-order valence-corrected chi connectivity index (χ0v) is 12.0. The van der Waals surface area contributed by atoms with Crippen molar-refractivity contribution in [2.75, 3.05) is 6.54 Å². The molecular weight excluding hydrogens is 259 g/mol. The number of halogens is 1. The Morgan fingerprint density at radius 3 is 2.65 bits per heavy atom. The van der Waals surface area contributed by atoms with E-state index in [0.29, 0.717) is 18.5 Å². The van der Waals surface area contributed by atoms with Gasteiger partial charge >= 0.3 is 5.69 Å². The molecule has 5 heteroatoms. The van der Waals surface area contributed by atoms with Gasteiger partial charge < -0.3 is 0 Å². The Morgan fingerprint density at radius 2 is 2.15 bits per heavy atom. The Labute approximate surface area is 118 Å². The van der Waals surface area contributed by atoms with Crippen LogP contribution in [0.15, 0.2) is 18.2 Å². The van der Waals surface area contributed by atoms with Gasteiger partial charge in [-0.15, -0.1) is 0 Å². The Balaban J connectivity index is 2.03. The summed E-state index contributed by atoms with van der Waals surface area (Å²) in [5, 5.41) is 10.6. The number of rotatable bonds is 7. The highest BCUT2D eigenvalue weighted by molar-refractivity contribution is 5.35. The monoisotopic (exact) mass is 280 g/mol. The summed E-state index contributed by atoms with van der Waals surface area (Å²) in [6.45, 7) is 6.06. The largest absolute Gasteiger partial charge is 0.304 e. The summed E-state index contributed by atoms with van der Waals surface area (Å²) in [7, 11) is 0. The van der Waals surface area contributed by atoms with Crippen molar-refractivity contribution in [3.05, 3.63) is 39.7 Å². The van der Waals surface area contributed by atoms with E-state index in [0.717, 1.165) is 18.5 Å². The lowest BCUT2D eigenvalue weighted by molar-refractivity contribution is -0.387. The molecule has 0 bridgehead atoms. The van der Waals surface area contributed by atoms with Crippen LogP contribution in [0.4, 0.5) is 10.1 Å². The molecule has 0 unspecified atom stereocenters. The fourth-order valence-corrected chi connectivity index (χ4v) is 2.29. The average molecular weight is 280 g/mol. The average Bonchev–Trinajstić information content (AvgIpc) is 3.18. The van der Waals surface area contributed by atoms with E-state index in [9.17, 15) is 14.5 Å². The van der Waals surface area contributed by atoms with Crippen LogP contribution in [-0.2, 0) is 6.54 Å². The molecule has 1 aromatic carbocycles. The molecular formula is C15H21FN2O2. The van der Waals surface area contributed by atoms with Gasteiger partial charge in [0.05, 0.1) is 4.92 Å². The number of hydrogen-bond acceptors (Lipinski definition) is 3. The van der Waals surface area contributed by atoms with Crippen molar-refractivity contribution < 1.29 is 9.31 Å². The fourth-order valence-electron chi connectivity index (χ4n) is 2.29. The van der Waals surface area contributed by atoms with E-state index in [2.05, 4.69) is 18.7 Å². The van der Waals surface area contributed by atoms with E-state index < -0.39 is 16.4 Å². The molecule has 20 heavy (non-hydrogen) atoms. The van der Waals surface area contributed by atoms with Gasteiger partial charge in [0, 0.05) is 18.7 Å². The highest BCUT2D eigenvalue weighted by Crippen LogP contribution is 2.29. The van der Waals surface area contributed by atoms with E-state index in [1.807, 2.05) is 0 Å². The molecule has 1 aliphatic carbocycles. The molecule has 4 nitrogen and oxygen atoms in total. The van der Waals surface area contributed by atoms with Gasteiger partial charge in [-0.1, -0.05) is 19.9 Å². The van der Waals surface area contributed by atoms with Crippen molar-refractivity contribution in [3.63, 3.8) is 0 Å². The number of nitro groups is 1. The van der Waals surface area contributed by atoms with Crippen LogP contribution >= 0.6 is 0 Å². The lowest BCUT2D eigenvalue weighted by atomic mass is 10.1. The zero-order valence-electron chi connectivity index (χ0n) is 12.0. The molecule has 110 valence electrons. The van der Waals surface area contributed by atoms with Gasteiger partial charge in [0.15, 0.2) is 0 Å². The van der Waals surface area contributed by atoms with Gasteiger partial charge in [-0.2, -0.15) is 4.39 Å². The molecule has 0 atom stereocenters.